The minimum absolute atomic E-state index is 0.167. The van der Waals surface area contributed by atoms with Gasteiger partial charge in [-0.25, -0.2) is 4.98 Å². The summed E-state index contributed by atoms with van der Waals surface area (Å²) in [6.45, 7) is 1.68. The predicted octanol–water partition coefficient (Wildman–Crippen LogP) is 2.32. The fraction of sp³-hybridized carbons (Fsp3) is 0.167. The first kappa shape index (κ1) is 14.1. The summed E-state index contributed by atoms with van der Waals surface area (Å²) in [6.07, 6.45) is -0.608. The van der Waals surface area contributed by atoms with Crippen LogP contribution in [-0.2, 0) is 0 Å². The van der Waals surface area contributed by atoms with Gasteiger partial charge in [-0.15, -0.1) is 0 Å². The first-order valence-electron chi connectivity index (χ1n) is 5.48. The van der Waals surface area contributed by atoms with E-state index in [-0.39, 0.29) is 11.4 Å². The summed E-state index contributed by atoms with van der Waals surface area (Å²) in [5, 5.41) is 10.1. The quantitative estimate of drug-likeness (QED) is 0.745. The van der Waals surface area contributed by atoms with Crippen LogP contribution in [0.1, 0.15) is 18.6 Å². The molecule has 4 N–H and O–H groups in total. The van der Waals surface area contributed by atoms with E-state index in [0.717, 1.165) is 14.9 Å². The Morgan fingerprint density at radius 3 is 2.84 bits per heavy atom. The Balaban J connectivity index is 2.42. The van der Waals surface area contributed by atoms with Crippen molar-refractivity contribution >= 4 is 33.5 Å². The molecule has 1 unspecified atom stereocenters. The van der Waals surface area contributed by atoms with Crippen LogP contribution in [0.15, 0.2) is 43.6 Å². The van der Waals surface area contributed by atoms with Crippen molar-refractivity contribution in [3.05, 3.63) is 44.7 Å². The Morgan fingerprint density at radius 1 is 1.47 bits per heavy atom. The number of nitrogens with two attached hydrogens (primary N) is 1. The number of hydrogen-bond acceptors (Lipinski definition) is 5. The van der Waals surface area contributed by atoms with Crippen molar-refractivity contribution in [1.82, 2.24) is 9.97 Å². The summed E-state index contributed by atoms with van der Waals surface area (Å²) < 4.78 is 0.880. The SMILES string of the molecule is CC(O)c1ccc(Br)cc1Sc1nc(N)cc(=O)[nH]1. The van der Waals surface area contributed by atoms with Gasteiger partial charge in [0.15, 0.2) is 5.16 Å². The molecule has 0 aliphatic heterocycles. The number of aliphatic hydroxyl groups excluding tert-OH is 1. The molecule has 1 aromatic heterocycles. The Labute approximate surface area is 122 Å². The lowest BCUT2D eigenvalue weighted by molar-refractivity contribution is 0.196. The van der Waals surface area contributed by atoms with Crippen molar-refractivity contribution in [1.29, 1.82) is 0 Å². The molecule has 0 spiro atoms. The van der Waals surface area contributed by atoms with Gasteiger partial charge in [0.2, 0.25) is 0 Å². The van der Waals surface area contributed by atoms with Crippen LogP contribution in [0, 0.1) is 0 Å². The number of anilines is 1. The fourth-order valence-electron chi connectivity index (χ4n) is 1.55. The second-order valence-electron chi connectivity index (χ2n) is 3.94. The van der Waals surface area contributed by atoms with E-state index in [1.165, 1.54) is 17.8 Å². The number of aromatic amines is 1. The first-order valence-corrected chi connectivity index (χ1v) is 7.09. The van der Waals surface area contributed by atoms with Crippen molar-refractivity contribution in [2.24, 2.45) is 0 Å². The smallest absolute Gasteiger partial charge is 0.253 e. The molecule has 0 amide bonds. The molecule has 0 bridgehead atoms. The van der Waals surface area contributed by atoms with Gasteiger partial charge in [0.05, 0.1) is 6.10 Å². The monoisotopic (exact) mass is 341 g/mol. The average Bonchev–Trinajstić information content (AvgIpc) is 2.26. The van der Waals surface area contributed by atoms with Gasteiger partial charge in [-0.05, 0) is 24.6 Å². The summed E-state index contributed by atoms with van der Waals surface area (Å²) in [4.78, 5) is 18.8. The Morgan fingerprint density at radius 2 is 2.21 bits per heavy atom. The van der Waals surface area contributed by atoms with Crippen LogP contribution in [0.3, 0.4) is 0 Å². The third kappa shape index (κ3) is 3.59. The number of aromatic nitrogens is 2. The summed E-state index contributed by atoms with van der Waals surface area (Å²) in [6, 6.07) is 6.75. The number of rotatable bonds is 3. The van der Waals surface area contributed by atoms with E-state index in [0.29, 0.717) is 5.16 Å². The number of benzene rings is 1. The average molecular weight is 342 g/mol. The minimum atomic E-state index is -0.608. The number of nitrogens with one attached hydrogen (secondary N) is 1. The lowest BCUT2D eigenvalue weighted by Gasteiger charge is -2.11. The maximum Gasteiger partial charge on any atom is 0.253 e. The largest absolute Gasteiger partial charge is 0.389 e. The fourth-order valence-corrected chi connectivity index (χ4v) is 3.11. The normalized spacial score (nSPS) is 12.4. The maximum absolute atomic E-state index is 11.3. The van der Waals surface area contributed by atoms with Crippen LogP contribution >= 0.6 is 27.7 Å². The zero-order chi connectivity index (χ0) is 14.0. The lowest BCUT2D eigenvalue weighted by Crippen LogP contribution is -2.09. The van der Waals surface area contributed by atoms with Crippen molar-refractivity contribution in [2.45, 2.75) is 23.1 Å². The molecule has 0 saturated carbocycles. The van der Waals surface area contributed by atoms with E-state index < -0.39 is 6.10 Å². The molecule has 100 valence electrons. The molecule has 0 aliphatic carbocycles. The van der Waals surface area contributed by atoms with Gasteiger partial charge in [-0.3, -0.25) is 4.79 Å². The Kier molecular flexibility index (Phi) is 4.28. The van der Waals surface area contributed by atoms with Gasteiger partial charge in [0.1, 0.15) is 5.82 Å². The van der Waals surface area contributed by atoms with Crippen molar-refractivity contribution in [3.8, 4) is 0 Å². The topological polar surface area (TPSA) is 92.0 Å². The first-order chi connectivity index (χ1) is 8.95. The van der Waals surface area contributed by atoms with E-state index in [1.807, 2.05) is 18.2 Å². The van der Waals surface area contributed by atoms with Gasteiger partial charge in [0, 0.05) is 15.4 Å². The Hall–Kier alpha value is -1.31. The molecular formula is C12H12BrN3O2S. The zero-order valence-electron chi connectivity index (χ0n) is 10.1. The third-order valence-corrected chi connectivity index (χ3v) is 3.83. The highest BCUT2D eigenvalue weighted by molar-refractivity contribution is 9.10. The molecule has 5 nitrogen and oxygen atoms in total. The number of nitrogens with zero attached hydrogens (tertiary/aromatic N) is 1. The molecule has 0 radical (unpaired) electrons. The van der Waals surface area contributed by atoms with E-state index in [9.17, 15) is 9.90 Å². The minimum Gasteiger partial charge on any atom is -0.389 e. The molecule has 1 heterocycles. The van der Waals surface area contributed by atoms with Crippen molar-refractivity contribution in [3.63, 3.8) is 0 Å². The van der Waals surface area contributed by atoms with Gasteiger partial charge in [-0.2, -0.15) is 0 Å². The summed E-state index contributed by atoms with van der Waals surface area (Å²) in [7, 11) is 0. The molecule has 2 rings (SSSR count). The van der Waals surface area contributed by atoms with Gasteiger partial charge < -0.3 is 15.8 Å². The van der Waals surface area contributed by atoms with E-state index in [1.54, 1.807) is 6.92 Å². The molecule has 1 atom stereocenters. The highest BCUT2D eigenvalue weighted by Crippen LogP contribution is 2.33. The maximum atomic E-state index is 11.3. The summed E-state index contributed by atoms with van der Waals surface area (Å²) in [5.74, 6) is 0.167. The van der Waals surface area contributed by atoms with Gasteiger partial charge in [0.25, 0.3) is 5.56 Å². The van der Waals surface area contributed by atoms with E-state index in [4.69, 9.17) is 5.73 Å². The van der Waals surface area contributed by atoms with Gasteiger partial charge >= 0.3 is 0 Å². The molecular weight excluding hydrogens is 330 g/mol. The van der Waals surface area contributed by atoms with Crippen LogP contribution < -0.4 is 11.3 Å². The predicted molar refractivity (Wildman–Crippen MR) is 78.2 cm³/mol. The van der Waals surface area contributed by atoms with Crippen LogP contribution in [0.2, 0.25) is 0 Å². The molecule has 0 fully saturated rings. The molecule has 7 heteroatoms. The van der Waals surface area contributed by atoms with E-state index >= 15 is 0 Å². The molecule has 19 heavy (non-hydrogen) atoms. The second kappa shape index (κ2) is 5.77. The number of hydrogen-bond donors (Lipinski definition) is 3. The molecule has 1 aromatic carbocycles. The van der Waals surface area contributed by atoms with Gasteiger partial charge in [-0.1, -0.05) is 33.8 Å². The summed E-state index contributed by atoms with van der Waals surface area (Å²) in [5.41, 5.74) is 6.00. The Bertz CT molecular complexity index is 658. The van der Waals surface area contributed by atoms with Crippen LogP contribution in [-0.4, -0.2) is 15.1 Å². The summed E-state index contributed by atoms with van der Waals surface area (Å²) >= 11 is 4.62. The lowest BCUT2D eigenvalue weighted by atomic mass is 10.1. The molecule has 0 saturated heterocycles. The third-order valence-electron chi connectivity index (χ3n) is 2.37. The van der Waals surface area contributed by atoms with Crippen LogP contribution in [0.5, 0.6) is 0 Å². The number of aliphatic hydroxyl groups is 1. The standard InChI is InChI=1S/C12H12BrN3O2S/c1-6(17)8-3-2-7(13)4-9(8)19-12-15-10(14)5-11(18)16-12/h2-6,17H,1H3,(H3,14,15,16,18). The highest BCUT2D eigenvalue weighted by Gasteiger charge is 2.11. The van der Waals surface area contributed by atoms with Crippen LogP contribution in [0.4, 0.5) is 5.82 Å². The molecule has 0 aliphatic rings. The highest BCUT2D eigenvalue weighted by atomic mass is 79.9. The van der Waals surface area contributed by atoms with Crippen molar-refractivity contribution in [2.75, 3.05) is 5.73 Å². The number of halogens is 1. The van der Waals surface area contributed by atoms with Crippen molar-refractivity contribution < 1.29 is 5.11 Å². The number of nitrogen functional groups attached to an aromatic ring is 1. The number of H-pyrrole nitrogens is 1. The van der Waals surface area contributed by atoms with E-state index in [2.05, 4.69) is 25.9 Å². The van der Waals surface area contributed by atoms with Crippen LogP contribution in [0.25, 0.3) is 0 Å². The second-order valence-corrected chi connectivity index (χ2v) is 5.88. The molecule has 2 aromatic rings. The zero-order valence-corrected chi connectivity index (χ0v) is 12.5.